The largest absolute Gasteiger partial charge is 0.396 e. The number of hydrogen-bond acceptors (Lipinski definition) is 1. The molecule has 2 aromatic rings. The molecule has 0 aliphatic carbocycles. The van der Waals surface area contributed by atoms with Crippen LogP contribution in [0.2, 0.25) is 0 Å². The van der Waals surface area contributed by atoms with E-state index < -0.39 is 0 Å². The molecule has 0 fully saturated rings. The van der Waals surface area contributed by atoms with Crippen LogP contribution in [0, 0.1) is 5.41 Å². The van der Waals surface area contributed by atoms with Crippen molar-refractivity contribution >= 4 is 10.8 Å². The molecule has 1 atom stereocenters. The van der Waals surface area contributed by atoms with Gasteiger partial charge in [-0.05, 0) is 41.0 Å². The number of hydrogen-bond donors (Lipinski definition) is 1. The molecule has 0 amide bonds. The van der Waals surface area contributed by atoms with E-state index in [4.69, 9.17) is 0 Å². The fraction of sp³-hybridized carbons (Fsp3) is 0.474. The van der Waals surface area contributed by atoms with E-state index in [1.165, 1.54) is 29.2 Å². The first-order valence-electron chi connectivity index (χ1n) is 7.82. The molecule has 0 aliphatic rings. The van der Waals surface area contributed by atoms with Crippen LogP contribution >= 0.6 is 0 Å². The molecule has 2 rings (SSSR count). The van der Waals surface area contributed by atoms with E-state index in [9.17, 15) is 5.11 Å². The molecule has 0 saturated heterocycles. The van der Waals surface area contributed by atoms with Gasteiger partial charge in [-0.15, -0.1) is 0 Å². The summed E-state index contributed by atoms with van der Waals surface area (Å²) in [5, 5.41) is 12.6. The predicted molar refractivity (Wildman–Crippen MR) is 87.0 cm³/mol. The standard InChI is InChI=1S/C19H26O/c1-3-5-13-19(4-2,15-20)14-17-11-8-10-16-9-6-7-12-18(16)17/h6-12,20H,3-5,13-15H2,1-2H3. The number of aliphatic hydroxyl groups is 1. The van der Waals surface area contributed by atoms with Gasteiger partial charge in [-0.3, -0.25) is 0 Å². The summed E-state index contributed by atoms with van der Waals surface area (Å²) < 4.78 is 0. The van der Waals surface area contributed by atoms with Gasteiger partial charge in [0.25, 0.3) is 0 Å². The summed E-state index contributed by atoms with van der Waals surface area (Å²) in [5.74, 6) is 0. The van der Waals surface area contributed by atoms with Gasteiger partial charge in [0.05, 0.1) is 0 Å². The van der Waals surface area contributed by atoms with E-state index >= 15 is 0 Å². The molecule has 108 valence electrons. The Balaban J connectivity index is 2.33. The summed E-state index contributed by atoms with van der Waals surface area (Å²) in [5.41, 5.74) is 1.41. The third-order valence-corrected chi connectivity index (χ3v) is 4.59. The zero-order valence-electron chi connectivity index (χ0n) is 12.7. The maximum absolute atomic E-state index is 9.94. The monoisotopic (exact) mass is 270 g/mol. The van der Waals surface area contributed by atoms with Gasteiger partial charge in [0, 0.05) is 6.61 Å². The Kier molecular flexibility index (Phi) is 5.19. The highest BCUT2D eigenvalue weighted by Crippen LogP contribution is 2.34. The lowest BCUT2D eigenvalue weighted by molar-refractivity contribution is 0.107. The highest BCUT2D eigenvalue weighted by atomic mass is 16.3. The minimum Gasteiger partial charge on any atom is -0.396 e. The molecule has 1 nitrogen and oxygen atoms in total. The summed E-state index contributed by atoms with van der Waals surface area (Å²) >= 11 is 0. The number of benzene rings is 2. The number of fused-ring (bicyclic) bond motifs is 1. The molecular weight excluding hydrogens is 244 g/mol. The summed E-state index contributed by atoms with van der Waals surface area (Å²) in [4.78, 5) is 0. The molecule has 0 aliphatic heterocycles. The smallest absolute Gasteiger partial charge is 0.0490 e. The Bertz CT molecular complexity index is 535. The molecule has 1 N–H and O–H groups in total. The van der Waals surface area contributed by atoms with E-state index in [1.807, 2.05) is 0 Å². The lowest BCUT2D eigenvalue weighted by Crippen LogP contribution is -2.27. The van der Waals surface area contributed by atoms with E-state index in [2.05, 4.69) is 56.3 Å². The van der Waals surface area contributed by atoms with Crippen LogP contribution in [0.3, 0.4) is 0 Å². The second-order valence-electron chi connectivity index (χ2n) is 5.93. The number of rotatable bonds is 7. The molecule has 0 spiro atoms. The van der Waals surface area contributed by atoms with Gasteiger partial charge in [-0.25, -0.2) is 0 Å². The van der Waals surface area contributed by atoms with Crippen LogP contribution in [0.15, 0.2) is 42.5 Å². The maximum atomic E-state index is 9.94. The van der Waals surface area contributed by atoms with Crippen LogP contribution in [0.1, 0.15) is 45.1 Å². The van der Waals surface area contributed by atoms with Crippen molar-refractivity contribution in [2.75, 3.05) is 6.61 Å². The van der Waals surface area contributed by atoms with Crippen LogP contribution < -0.4 is 0 Å². The Labute approximate surface area is 122 Å². The van der Waals surface area contributed by atoms with Crippen LogP contribution in [-0.2, 0) is 6.42 Å². The molecule has 0 saturated carbocycles. The SMILES string of the molecule is CCCCC(CC)(CO)Cc1cccc2ccccc12. The maximum Gasteiger partial charge on any atom is 0.0490 e. The van der Waals surface area contributed by atoms with Crippen molar-refractivity contribution in [2.24, 2.45) is 5.41 Å². The molecule has 1 heteroatoms. The lowest BCUT2D eigenvalue weighted by Gasteiger charge is -2.31. The Morgan fingerprint density at radius 3 is 2.45 bits per heavy atom. The predicted octanol–water partition coefficient (Wildman–Crippen LogP) is 4.96. The highest BCUT2D eigenvalue weighted by molar-refractivity contribution is 5.85. The molecule has 1 unspecified atom stereocenters. The second kappa shape index (κ2) is 6.90. The van der Waals surface area contributed by atoms with Gasteiger partial charge in [0.2, 0.25) is 0 Å². The summed E-state index contributed by atoms with van der Waals surface area (Å²) in [6.07, 6.45) is 5.50. The average molecular weight is 270 g/mol. The first-order chi connectivity index (χ1) is 9.74. The van der Waals surface area contributed by atoms with Gasteiger partial charge in [-0.1, -0.05) is 69.2 Å². The van der Waals surface area contributed by atoms with E-state index in [-0.39, 0.29) is 12.0 Å². The third kappa shape index (κ3) is 3.21. The average Bonchev–Trinajstić information content (AvgIpc) is 2.52. The van der Waals surface area contributed by atoms with Gasteiger partial charge in [0.15, 0.2) is 0 Å². The van der Waals surface area contributed by atoms with Crippen molar-refractivity contribution in [3.05, 3.63) is 48.0 Å². The topological polar surface area (TPSA) is 20.2 Å². The van der Waals surface area contributed by atoms with E-state index in [0.29, 0.717) is 0 Å². The lowest BCUT2D eigenvalue weighted by atomic mass is 9.75. The third-order valence-electron chi connectivity index (χ3n) is 4.59. The summed E-state index contributed by atoms with van der Waals surface area (Å²) in [6, 6.07) is 15.1. The van der Waals surface area contributed by atoms with Gasteiger partial charge in [-0.2, -0.15) is 0 Å². The molecule has 0 heterocycles. The van der Waals surface area contributed by atoms with Crippen LogP contribution in [0.25, 0.3) is 10.8 Å². The number of aliphatic hydroxyl groups excluding tert-OH is 1. The van der Waals surface area contributed by atoms with Crippen molar-refractivity contribution in [2.45, 2.75) is 46.0 Å². The van der Waals surface area contributed by atoms with Gasteiger partial charge < -0.3 is 5.11 Å². The quantitative estimate of drug-likeness (QED) is 0.754. The molecule has 0 aromatic heterocycles. The van der Waals surface area contributed by atoms with Crippen LogP contribution in [0.5, 0.6) is 0 Å². The van der Waals surface area contributed by atoms with E-state index in [1.54, 1.807) is 0 Å². The first kappa shape index (κ1) is 15.1. The van der Waals surface area contributed by atoms with Crippen molar-refractivity contribution in [1.29, 1.82) is 0 Å². The van der Waals surface area contributed by atoms with Gasteiger partial charge in [0.1, 0.15) is 0 Å². The fourth-order valence-electron chi connectivity index (χ4n) is 3.04. The summed E-state index contributed by atoms with van der Waals surface area (Å²) in [7, 11) is 0. The van der Waals surface area contributed by atoms with Crippen molar-refractivity contribution in [3.8, 4) is 0 Å². The molecule has 2 aromatic carbocycles. The van der Waals surface area contributed by atoms with Crippen LogP contribution in [-0.4, -0.2) is 11.7 Å². The summed E-state index contributed by atoms with van der Waals surface area (Å²) in [6.45, 7) is 4.71. The zero-order valence-corrected chi connectivity index (χ0v) is 12.7. The Hall–Kier alpha value is -1.34. The fourth-order valence-corrected chi connectivity index (χ4v) is 3.04. The Morgan fingerprint density at radius 2 is 1.75 bits per heavy atom. The zero-order chi connectivity index (χ0) is 14.4. The Morgan fingerprint density at radius 1 is 1.00 bits per heavy atom. The molecule has 0 bridgehead atoms. The first-order valence-corrected chi connectivity index (χ1v) is 7.82. The molecule has 20 heavy (non-hydrogen) atoms. The highest BCUT2D eigenvalue weighted by Gasteiger charge is 2.27. The second-order valence-corrected chi connectivity index (χ2v) is 5.93. The number of unbranched alkanes of at least 4 members (excludes halogenated alkanes) is 1. The van der Waals surface area contributed by atoms with Gasteiger partial charge >= 0.3 is 0 Å². The minimum absolute atomic E-state index is 0.0418. The minimum atomic E-state index is 0.0418. The van der Waals surface area contributed by atoms with Crippen molar-refractivity contribution in [3.63, 3.8) is 0 Å². The van der Waals surface area contributed by atoms with Crippen molar-refractivity contribution < 1.29 is 5.11 Å². The van der Waals surface area contributed by atoms with Crippen molar-refractivity contribution in [1.82, 2.24) is 0 Å². The molecular formula is C19H26O. The van der Waals surface area contributed by atoms with E-state index in [0.717, 1.165) is 19.3 Å². The molecule has 0 radical (unpaired) electrons. The van der Waals surface area contributed by atoms with Crippen LogP contribution in [0.4, 0.5) is 0 Å². The normalized spacial score (nSPS) is 14.3.